The zero-order valence-corrected chi connectivity index (χ0v) is 17.9. The molecule has 0 unspecified atom stereocenters. The van der Waals surface area contributed by atoms with E-state index in [2.05, 4.69) is 4.98 Å². The molecule has 0 atom stereocenters. The molecule has 0 radical (unpaired) electrons. The molecule has 166 valence electrons. The molecule has 0 aliphatic heterocycles. The second-order valence-corrected chi connectivity index (χ2v) is 7.98. The summed E-state index contributed by atoms with van der Waals surface area (Å²) in [4.78, 5) is 32.9. The first-order valence-corrected chi connectivity index (χ1v) is 10.7. The third-order valence-corrected chi connectivity index (χ3v) is 5.84. The van der Waals surface area contributed by atoms with E-state index in [-0.39, 0.29) is 17.9 Å². The Kier molecular flexibility index (Phi) is 4.51. The van der Waals surface area contributed by atoms with Crippen LogP contribution in [-0.2, 0) is 6.54 Å². The molecule has 0 aliphatic carbocycles. The Morgan fingerprint density at radius 1 is 0.853 bits per heavy atom. The van der Waals surface area contributed by atoms with Crippen LogP contribution in [0.15, 0.2) is 101 Å². The lowest BCUT2D eigenvalue weighted by Gasteiger charge is -2.09. The molecule has 8 heteroatoms. The molecule has 6 aromatic rings. The Labute approximate surface area is 192 Å². The molecule has 0 bridgehead atoms. The van der Waals surface area contributed by atoms with Crippen molar-refractivity contribution in [2.75, 3.05) is 0 Å². The lowest BCUT2D eigenvalue weighted by molar-refractivity contribution is 0.628. The van der Waals surface area contributed by atoms with Crippen LogP contribution in [0, 0.1) is 5.82 Å². The fourth-order valence-corrected chi connectivity index (χ4v) is 4.26. The second kappa shape index (κ2) is 7.70. The Bertz CT molecular complexity index is 1760. The predicted octanol–water partition coefficient (Wildman–Crippen LogP) is 3.98. The van der Waals surface area contributed by atoms with Gasteiger partial charge in [0.25, 0.3) is 5.56 Å². The van der Waals surface area contributed by atoms with Crippen molar-refractivity contribution < 1.29 is 4.39 Å². The molecule has 3 aromatic carbocycles. The van der Waals surface area contributed by atoms with Crippen molar-refractivity contribution in [1.82, 2.24) is 23.5 Å². The molecule has 0 saturated carbocycles. The minimum absolute atomic E-state index is 0.267. The van der Waals surface area contributed by atoms with Crippen LogP contribution in [0.4, 0.5) is 4.39 Å². The van der Waals surface area contributed by atoms with Crippen molar-refractivity contribution in [3.05, 3.63) is 123 Å². The van der Waals surface area contributed by atoms with E-state index in [1.165, 1.54) is 16.7 Å². The van der Waals surface area contributed by atoms with E-state index in [9.17, 15) is 14.0 Å². The fraction of sp³-hybridized carbons (Fsp3) is 0.0385. The van der Waals surface area contributed by atoms with Gasteiger partial charge in [-0.2, -0.15) is 4.98 Å². The summed E-state index contributed by atoms with van der Waals surface area (Å²) in [5.74, 6) is 0.136. The number of rotatable bonds is 4. The monoisotopic (exact) mass is 451 g/mol. The fourth-order valence-electron chi connectivity index (χ4n) is 4.26. The maximum Gasteiger partial charge on any atom is 0.330 e. The van der Waals surface area contributed by atoms with E-state index in [0.717, 1.165) is 22.5 Å². The first kappa shape index (κ1) is 19.9. The molecule has 0 spiro atoms. The Morgan fingerprint density at radius 3 is 2.24 bits per heavy atom. The Morgan fingerprint density at radius 2 is 1.53 bits per heavy atom. The van der Waals surface area contributed by atoms with Crippen LogP contribution in [-0.4, -0.2) is 23.5 Å². The smallest absolute Gasteiger partial charge is 0.278 e. The Hall–Kier alpha value is -4.72. The van der Waals surface area contributed by atoms with Crippen molar-refractivity contribution >= 4 is 16.9 Å². The number of imidazole rings is 2. The average Bonchev–Trinajstić information content (AvgIpc) is 3.40. The molecule has 0 fully saturated rings. The minimum atomic E-state index is -0.521. The van der Waals surface area contributed by atoms with Crippen LogP contribution in [0.25, 0.3) is 33.9 Å². The van der Waals surface area contributed by atoms with Gasteiger partial charge in [0.15, 0.2) is 11.2 Å². The molecular formula is C26H18FN5O2. The molecule has 3 aromatic heterocycles. The number of para-hydroxylation sites is 1. The van der Waals surface area contributed by atoms with Crippen molar-refractivity contribution in [2.24, 2.45) is 0 Å². The molecular weight excluding hydrogens is 433 g/mol. The van der Waals surface area contributed by atoms with Gasteiger partial charge in [-0.15, -0.1) is 0 Å². The van der Waals surface area contributed by atoms with Gasteiger partial charge in [-0.05, 0) is 42.0 Å². The van der Waals surface area contributed by atoms with Crippen molar-refractivity contribution in [1.29, 1.82) is 0 Å². The van der Waals surface area contributed by atoms with Gasteiger partial charge in [0.2, 0.25) is 5.78 Å². The summed E-state index contributed by atoms with van der Waals surface area (Å²) in [6.07, 6.45) is 1.79. The minimum Gasteiger partial charge on any atom is -0.278 e. The quantitative estimate of drug-likeness (QED) is 0.440. The number of benzene rings is 3. The van der Waals surface area contributed by atoms with Crippen molar-refractivity contribution in [3.8, 4) is 16.9 Å². The van der Waals surface area contributed by atoms with Crippen LogP contribution < -0.4 is 11.2 Å². The summed E-state index contributed by atoms with van der Waals surface area (Å²) in [6, 6.07) is 25.2. The summed E-state index contributed by atoms with van der Waals surface area (Å²) in [5.41, 5.74) is 2.74. The zero-order valence-electron chi connectivity index (χ0n) is 17.9. The number of fused-ring (bicyclic) bond motifs is 3. The van der Waals surface area contributed by atoms with E-state index >= 15 is 0 Å². The maximum absolute atomic E-state index is 13.6. The highest BCUT2D eigenvalue weighted by atomic mass is 19.1. The van der Waals surface area contributed by atoms with Crippen molar-refractivity contribution in [2.45, 2.75) is 6.54 Å². The largest absolute Gasteiger partial charge is 0.330 e. The van der Waals surface area contributed by atoms with Crippen molar-refractivity contribution in [3.63, 3.8) is 0 Å². The third-order valence-electron chi connectivity index (χ3n) is 5.84. The van der Waals surface area contributed by atoms with Gasteiger partial charge in [-0.1, -0.05) is 48.5 Å². The molecule has 7 nitrogen and oxygen atoms in total. The lowest BCUT2D eigenvalue weighted by Crippen LogP contribution is -2.31. The summed E-state index contributed by atoms with van der Waals surface area (Å²) in [5, 5.41) is 0. The summed E-state index contributed by atoms with van der Waals surface area (Å²) in [7, 11) is 0. The van der Waals surface area contributed by atoms with Gasteiger partial charge < -0.3 is 0 Å². The van der Waals surface area contributed by atoms with Gasteiger partial charge in [0.1, 0.15) is 5.82 Å². The normalized spacial score (nSPS) is 11.4. The van der Waals surface area contributed by atoms with E-state index < -0.39 is 11.2 Å². The van der Waals surface area contributed by atoms with Gasteiger partial charge >= 0.3 is 5.69 Å². The van der Waals surface area contributed by atoms with E-state index in [1.54, 1.807) is 22.7 Å². The Balaban J connectivity index is 1.68. The van der Waals surface area contributed by atoms with Crippen LogP contribution in [0.3, 0.4) is 0 Å². The summed E-state index contributed by atoms with van der Waals surface area (Å²) in [6.45, 7) is 0.267. The van der Waals surface area contributed by atoms with Gasteiger partial charge in [0.05, 0.1) is 12.2 Å². The van der Waals surface area contributed by atoms with Crippen LogP contribution >= 0.6 is 0 Å². The standard InChI is InChI=1S/C26H18FN5O2/c27-19-13-11-18(12-14-19)21-16-30-22-23(28-25(30)32(21)20-9-5-2-6-10-20)31(26(34)29-24(22)33)15-17-7-3-1-4-8-17/h1-14,16H,15H2,(H,29,33,34). The molecule has 34 heavy (non-hydrogen) atoms. The molecule has 6 rings (SSSR count). The first-order valence-electron chi connectivity index (χ1n) is 10.7. The molecule has 0 amide bonds. The van der Waals surface area contributed by atoms with Gasteiger partial charge in [-0.3, -0.25) is 23.3 Å². The number of aromatic amines is 1. The third kappa shape index (κ3) is 3.15. The average molecular weight is 451 g/mol. The number of nitrogens with zero attached hydrogens (tertiary/aromatic N) is 4. The first-order chi connectivity index (χ1) is 16.6. The SMILES string of the molecule is O=c1[nH]c(=O)n(Cc2ccccc2)c2nc3n(-c4ccccc4)c(-c4ccc(F)cc4)cn3c12. The highest BCUT2D eigenvalue weighted by molar-refractivity contribution is 5.79. The topological polar surface area (TPSA) is 77.1 Å². The number of hydrogen-bond donors (Lipinski definition) is 1. The summed E-state index contributed by atoms with van der Waals surface area (Å²) < 4.78 is 18.6. The lowest BCUT2D eigenvalue weighted by atomic mass is 10.1. The highest BCUT2D eigenvalue weighted by Gasteiger charge is 2.21. The number of aromatic nitrogens is 5. The highest BCUT2D eigenvalue weighted by Crippen LogP contribution is 2.29. The van der Waals surface area contributed by atoms with E-state index in [1.807, 2.05) is 65.2 Å². The van der Waals surface area contributed by atoms with E-state index in [4.69, 9.17) is 4.98 Å². The number of halogens is 1. The van der Waals surface area contributed by atoms with Crippen LogP contribution in [0.2, 0.25) is 0 Å². The maximum atomic E-state index is 13.6. The van der Waals surface area contributed by atoms with Gasteiger partial charge in [0, 0.05) is 17.4 Å². The van der Waals surface area contributed by atoms with Crippen LogP contribution in [0.5, 0.6) is 0 Å². The van der Waals surface area contributed by atoms with Crippen LogP contribution in [0.1, 0.15) is 5.56 Å². The van der Waals surface area contributed by atoms with E-state index in [0.29, 0.717) is 11.4 Å². The number of hydrogen-bond acceptors (Lipinski definition) is 3. The van der Waals surface area contributed by atoms with Gasteiger partial charge in [-0.25, -0.2) is 9.18 Å². The zero-order chi connectivity index (χ0) is 23.2. The molecule has 1 N–H and O–H groups in total. The molecule has 0 saturated heterocycles. The number of nitrogens with one attached hydrogen (secondary N) is 1. The number of H-pyrrole nitrogens is 1. The summed E-state index contributed by atoms with van der Waals surface area (Å²) >= 11 is 0. The molecule has 0 aliphatic rings. The predicted molar refractivity (Wildman–Crippen MR) is 128 cm³/mol. The second-order valence-electron chi connectivity index (χ2n) is 7.98. The molecule has 3 heterocycles.